The van der Waals surface area contributed by atoms with Gasteiger partial charge in [-0.2, -0.15) is 0 Å². The van der Waals surface area contributed by atoms with Crippen molar-refractivity contribution in [2.75, 3.05) is 12.1 Å². The Morgan fingerprint density at radius 1 is 0.941 bits per heavy atom. The predicted octanol–water partition coefficient (Wildman–Crippen LogP) is 3.34. The van der Waals surface area contributed by atoms with Gasteiger partial charge in [-0.25, -0.2) is 0 Å². The summed E-state index contributed by atoms with van der Waals surface area (Å²) in [6.07, 6.45) is 1.67. The number of aliphatic hydroxyl groups is 1. The molecule has 0 radical (unpaired) electrons. The van der Waals surface area contributed by atoms with E-state index in [4.69, 9.17) is 9.84 Å². The number of pyridine rings is 1. The summed E-state index contributed by atoms with van der Waals surface area (Å²) >= 11 is 1.07. The number of amides is 2. The Bertz CT molecular complexity index is 1330. The second kappa shape index (κ2) is 10.6. The highest BCUT2D eigenvalue weighted by Gasteiger charge is 2.24. The van der Waals surface area contributed by atoms with E-state index in [0.29, 0.717) is 26.9 Å². The van der Waals surface area contributed by atoms with Crippen LogP contribution in [0.5, 0.6) is 5.06 Å². The highest BCUT2D eigenvalue weighted by molar-refractivity contribution is 7.15. The van der Waals surface area contributed by atoms with Crippen LogP contribution in [0.3, 0.4) is 0 Å². The minimum atomic E-state index is -0.950. The molecule has 0 saturated carbocycles. The van der Waals surface area contributed by atoms with Gasteiger partial charge in [0.15, 0.2) is 11.9 Å². The lowest BCUT2D eigenvalue weighted by Gasteiger charge is -2.19. The number of anilines is 1. The number of rotatable bonds is 8. The first-order valence-electron chi connectivity index (χ1n) is 10.3. The second-order valence-electron chi connectivity index (χ2n) is 7.15. The van der Waals surface area contributed by atoms with Crippen molar-refractivity contribution in [1.29, 1.82) is 0 Å². The van der Waals surface area contributed by atoms with Crippen LogP contribution in [-0.2, 0) is 4.79 Å². The van der Waals surface area contributed by atoms with E-state index in [-0.39, 0.29) is 5.56 Å². The van der Waals surface area contributed by atoms with E-state index in [1.165, 1.54) is 10.6 Å². The minimum Gasteiger partial charge on any atom is -0.458 e. The number of nitrogens with zero attached hydrogens (tertiary/aromatic N) is 1. The van der Waals surface area contributed by atoms with Gasteiger partial charge in [-0.1, -0.05) is 47.7 Å². The molecule has 172 valence electrons. The fraction of sp³-hybridized carbons (Fsp3) is 0.0800. The van der Waals surface area contributed by atoms with Crippen molar-refractivity contribution in [3.05, 3.63) is 112 Å². The molecule has 2 amide bonds. The minimum absolute atomic E-state index is 0.160. The molecule has 2 aromatic heterocycles. The van der Waals surface area contributed by atoms with Crippen molar-refractivity contribution >= 4 is 28.8 Å². The fourth-order valence-electron chi connectivity index (χ4n) is 3.29. The molecule has 1 unspecified atom stereocenters. The molecule has 2 heterocycles. The summed E-state index contributed by atoms with van der Waals surface area (Å²) in [6.45, 7) is -0.492. The van der Waals surface area contributed by atoms with Crippen molar-refractivity contribution in [2.45, 2.75) is 6.04 Å². The molecule has 2 aromatic carbocycles. The van der Waals surface area contributed by atoms with Gasteiger partial charge >= 0.3 is 0 Å². The molecule has 34 heavy (non-hydrogen) atoms. The quantitative estimate of drug-likeness (QED) is 0.339. The van der Waals surface area contributed by atoms with Crippen molar-refractivity contribution in [1.82, 2.24) is 9.88 Å². The third-order valence-corrected chi connectivity index (χ3v) is 5.91. The van der Waals surface area contributed by atoms with Gasteiger partial charge in [0, 0.05) is 23.6 Å². The number of benzene rings is 2. The molecule has 0 fully saturated rings. The zero-order valence-corrected chi connectivity index (χ0v) is 18.7. The van der Waals surface area contributed by atoms with Gasteiger partial charge in [0.05, 0.1) is 4.88 Å². The average Bonchev–Trinajstić information content (AvgIpc) is 3.33. The molecule has 4 rings (SSSR count). The number of carbonyl (C=O) groups excluding carboxylic acids is 2. The van der Waals surface area contributed by atoms with Crippen LogP contribution in [0.25, 0.3) is 5.69 Å². The van der Waals surface area contributed by atoms with Crippen LogP contribution >= 0.6 is 11.3 Å². The third-order valence-electron chi connectivity index (χ3n) is 4.92. The standard InChI is InChI=1S/C25H21N3O5S/c29-16-33-22-14-13-20(34-22)24(31)27-23(17-6-2-1-3-7-17)25(32)26-18-9-11-19(12-10-18)28-15-5-4-8-21(28)30/h1-15,23,29H,16H2,(H,26,32)(H,27,31). The summed E-state index contributed by atoms with van der Waals surface area (Å²) in [4.78, 5) is 38.3. The Hall–Kier alpha value is -4.21. The molecule has 3 N–H and O–H groups in total. The molecule has 1 atom stereocenters. The molecule has 0 bridgehead atoms. The predicted molar refractivity (Wildman–Crippen MR) is 129 cm³/mol. The van der Waals surface area contributed by atoms with Crippen LogP contribution in [-0.4, -0.2) is 28.3 Å². The van der Waals surface area contributed by atoms with Crippen molar-refractivity contribution in [3.8, 4) is 10.8 Å². The molecule has 0 aliphatic heterocycles. The van der Waals surface area contributed by atoms with Crippen molar-refractivity contribution < 1.29 is 19.4 Å². The maximum absolute atomic E-state index is 13.2. The van der Waals surface area contributed by atoms with E-state index in [0.717, 1.165) is 11.3 Å². The van der Waals surface area contributed by atoms with Crippen molar-refractivity contribution in [2.24, 2.45) is 0 Å². The summed E-state index contributed by atoms with van der Waals surface area (Å²) < 4.78 is 6.49. The number of carbonyl (C=O) groups is 2. The number of nitrogens with one attached hydrogen (secondary N) is 2. The lowest BCUT2D eigenvalue weighted by atomic mass is 10.1. The Kier molecular flexibility index (Phi) is 7.16. The van der Waals surface area contributed by atoms with Crippen LogP contribution in [0.2, 0.25) is 0 Å². The Morgan fingerprint density at radius 2 is 1.68 bits per heavy atom. The average molecular weight is 476 g/mol. The molecule has 4 aromatic rings. The smallest absolute Gasteiger partial charge is 0.262 e. The first kappa shape index (κ1) is 23.0. The molecule has 0 spiro atoms. The van der Waals surface area contributed by atoms with Crippen LogP contribution in [0.15, 0.2) is 95.9 Å². The topological polar surface area (TPSA) is 110 Å². The first-order chi connectivity index (χ1) is 16.5. The van der Waals surface area contributed by atoms with E-state index in [1.807, 2.05) is 6.07 Å². The number of hydrogen-bond donors (Lipinski definition) is 3. The summed E-state index contributed by atoms with van der Waals surface area (Å²) in [5, 5.41) is 14.9. The van der Waals surface area contributed by atoms with Gasteiger partial charge in [-0.15, -0.1) is 0 Å². The lowest BCUT2D eigenvalue weighted by molar-refractivity contribution is -0.118. The van der Waals surface area contributed by atoms with Crippen LogP contribution in [0, 0.1) is 0 Å². The van der Waals surface area contributed by atoms with Crippen LogP contribution in [0.4, 0.5) is 5.69 Å². The number of thiophene rings is 1. The van der Waals surface area contributed by atoms with E-state index in [2.05, 4.69) is 10.6 Å². The van der Waals surface area contributed by atoms with Crippen LogP contribution < -0.4 is 20.9 Å². The van der Waals surface area contributed by atoms with E-state index in [1.54, 1.807) is 79.0 Å². The van der Waals surface area contributed by atoms with Gasteiger partial charge in [0.2, 0.25) is 0 Å². The number of ether oxygens (including phenoxy) is 1. The van der Waals surface area contributed by atoms with Gasteiger partial charge in [0.25, 0.3) is 17.4 Å². The SMILES string of the molecule is O=C(NC(C(=O)Nc1ccc(-n2ccccc2=O)cc1)c1ccccc1)c1ccc(OCO)s1. The van der Waals surface area contributed by atoms with Gasteiger partial charge in [0.1, 0.15) is 6.04 Å². The normalized spacial score (nSPS) is 11.4. The summed E-state index contributed by atoms with van der Waals surface area (Å²) in [5.41, 5.74) is 1.63. The van der Waals surface area contributed by atoms with Crippen molar-refractivity contribution in [3.63, 3.8) is 0 Å². The summed E-state index contributed by atoms with van der Waals surface area (Å²) in [7, 11) is 0. The highest BCUT2D eigenvalue weighted by Crippen LogP contribution is 2.25. The lowest BCUT2D eigenvalue weighted by Crippen LogP contribution is -2.36. The molecule has 0 aliphatic carbocycles. The Balaban J connectivity index is 1.52. The number of hydrogen-bond acceptors (Lipinski definition) is 6. The number of aliphatic hydroxyl groups excluding tert-OH is 1. The van der Waals surface area contributed by atoms with E-state index < -0.39 is 24.6 Å². The van der Waals surface area contributed by atoms with Gasteiger partial charge in [-0.3, -0.25) is 19.0 Å². The first-order valence-corrected chi connectivity index (χ1v) is 11.1. The zero-order valence-electron chi connectivity index (χ0n) is 17.9. The largest absolute Gasteiger partial charge is 0.458 e. The zero-order chi connectivity index (χ0) is 23.9. The number of aromatic nitrogens is 1. The monoisotopic (exact) mass is 475 g/mol. The second-order valence-corrected chi connectivity index (χ2v) is 8.20. The van der Waals surface area contributed by atoms with Gasteiger partial charge in [-0.05, 0) is 48.0 Å². The van der Waals surface area contributed by atoms with E-state index in [9.17, 15) is 14.4 Å². The Morgan fingerprint density at radius 3 is 2.38 bits per heavy atom. The summed E-state index contributed by atoms with van der Waals surface area (Å²) in [6, 6.07) is 22.8. The molecule has 8 nitrogen and oxygen atoms in total. The Labute approximate surface area is 199 Å². The molecule has 0 aliphatic rings. The molecule has 9 heteroatoms. The molecular formula is C25H21N3O5S. The molecule has 0 saturated heterocycles. The molecular weight excluding hydrogens is 454 g/mol. The van der Waals surface area contributed by atoms with Crippen LogP contribution in [0.1, 0.15) is 21.3 Å². The van der Waals surface area contributed by atoms with Gasteiger partial charge < -0.3 is 20.5 Å². The highest BCUT2D eigenvalue weighted by atomic mass is 32.1. The summed E-state index contributed by atoms with van der Waals surface area (Å²) in [5.74, 6) is -0.867. The van der Waals surface area contributed by atoms with E-state index >= 15 is 0 Å². The fourth-order valence-corrected chi connectivity index (χ4v) is 4.04. The maximum atomic E-state index is 13.2. The maximum Gasteiger partial charge on any atom is 0.262 e. The third kappa shape index (κ3) is 5.40.